The van der Waals surface area contributed by atoms with Crippen molar-refractivity contribution in [1.29, 1.82) is 0 Å². The molecule has 0 radical (unpaired) electrons. The van der Waals surface area contributed by atoms with Crippen molar-refractivity contribution in [3.05, 3.63) is 65.5 Å². The second-order valence-corrected chi connectivity index (χ2v) is 6.79. The van der Waals surface area contributed by atoms with Crippen molar-refractivity contribution >= 4 is 11.6 Å². The summed E-state index contributed by atoms with van der Waals surface area (Å²) in [7, 11) is 0. The number of rotatable bonds is 5. The number of anilines is 1. The molecule has 0 aliphatic heterocycles. The standard InChI is InChI=1S/C21H25FN2O/c1-15-8-5-6-13-19(15)20(23-18-12-7-9-16(22)14-18)21(25)24-17-10-3-2-4-11-17/h5-9,12-14,17,20,23H,2-4,10-11H2,1H3,(H,24,25). The third-order valence-electron chi connectivity index (χ3n) is 4.85. The molecule has 1 unspecified atom stereocenters. The van der Waals surface area contributed by atoms with Crippen molar-refractivity contribution in [2.45, 2.75) is 51.1 Å². The van der Waals surface area contributed by atoms with Crippen LogP contribution in [0.25, 0.3) is 0 Å². The Kier molecular flexibility index (Phi) is 5.69. The van der Waals surface area contributed by atoms with Crippen LogP contribution in [0.3, 0.4) is 0 Å². The number of hydrogen-bond donors (Lipinski definition) is 2. The molecule has 1 aliphatic carbocycles. The van der Waals surface area contributed by atoms with E-state index in [-0.39, 0.29) is 17.8 Å². The summed E-state index contributed by atoms with van der Waals surface area (Å²) in [4.78, 5) is 13.0. The normalized spacial score (nSPS) is 16.2. The van der Waals surface area contributed by atoms with Gasteiger partial charge in [0.1, 0.15) is 11.9 Å². The number of aryl methyl sites for hydroxylation is 1. The summed E-state index contributed by atoms with van der Waals surface area (Å²) in [6.45, 7) is 1.99. The lowest BCUT2D eigenvalue weighted by Crippen LogP contribution is -2.41. The van der Waals surface area contributed by atoms with Crippen molar-refractivity contribution in [1.82, 2.24) is 5.32 Å². The lowest BCUT2D eigenvalue weighted by Gasteiger charge is -2.27. The van der Waals surface area contributed by atoms with Crippen molar-refractivity contribution in [3.63, 3.8) is 0 Å². The summed E-state index contributed by atoms with van der Waals surface area (Å²) >= 11 is 0. The molecule has 1 fully saturated rings. The number of carbonyl (C=O) groups excluding carboxylic acids is 1. The first kappa shape index (κ1) is 17.5. The fourth-order valence-electron chi connectivity index (χ4n) is 3.47. The molecule has 2 aromatic carbocycles. The quantitative estimate of drug-likeness (QED) is 0.826. The maximum atomic E-state index is 13.5. The number of amides is 1. The predicted molar refractivity (Wildman–Crippen MR) is 99.0 cm³/mol. The van der Waals surface area contributed by atoms with E-state index in [1.54, 1.807) is 12.1 Å². The highest BCUT2D eigenvalue weighted by atomic mass is 19.1. The molecule has 3 rings (SSSR count). The highest BCUT2D eigenvalue weighted by Crippen LogP contribution is 2.25. The van der Waals surface area contributed by atoms with Crippen LogP contribution in [0.5, 0.6) is 0 Å². The molecule has 132 valence electrons. The molecule has 0 bridgehead atoms. The fraction of sp³-hybridized carbons (Fsp3) is 0.381. The Morgan fingerprint density at radius 1 is 1.08 bits per heavy atom. The number of benzene rings is 2. The molecular formula is C21H25FN2O. The number of hydrogen-bond acceptors (Lipinski definition) is 2. The zero-order valence-corrected chi connectivity index (χ0v) is 14.6. The Balaban J connectivity index is 1.83. The van der Waals surface area contributed by atoms with Crippen LogP contribution in [0.4, 0.5) is 10.1 Å². The predicted octanol–water partition coefficient (Wildman–Crippen LogP) is 4.74. The van der Waals surface area contributed by atoms with E-state index in [0.29, 0.717) is 5.69 Å². The van der Waals surface area contributed by atoms with Crippen molar-refractivity contribution in [2.75, 3.05) is 5.32 Å². The monoisotopic (exact) mass is 340 g/mol. The number of halogens is 1. The molecule has 3 nitrogen and oxygen atoms in total. The largest absolute Gasteiger partial charge is 0.370 e. The summed E-state index contributed by atoms with van der Waals surface area (Å²) in [5.41, 5.74) is 2.56. The summed E-state index contributed by atoms with van der Waals surface area (Å²) in [6.07, 6.45) is 5.64. The summed E-state index contributed by atoms with van der Waals surface area (Å²) in [5, 5.41) is 6.40. The van der Waals surface area contributed by atoms with Gasteiger partial charge in [0.25, 0.3) is 0 Å². The van der Waals surface area contributed by atoms with Crippen molar-refractivity contribution < 1.29 is 9.18 Å². The minimum Gasteiger partial charge on any atom is -0.370 e. The average Bonchev–Trinajstić information content (AvgIpc) is 2.61. The van der Waals surface area contributed by atoms with Crippen LogP contribution in [-0.2, 0) is 4.79 Å². The first-order valence-corrected chi connectivity index (χ1v) is 9.01. The molecule has 4 heteroatoms. The molecule has 1 saturated carbocycles. The SMILES string of the molecule is Cc1ccccc1C(Nc1cccc(F)c1)C(=O)NC1CCCCC1. The zero-order valence-electron chi connectivity index (χ0n) is 14.6. The van der Waals surface area contributed by atoms with Gasteiger partial charge >= 0.3 is 0 Å². The van der Waals surface area contributed by atoms with E-state index in [1.165, 1.54) is 18.6 Å². The first-order chi connectivity index (χ1) is 12.1. The summed E-state index contributed by atoms with van der Waals surface area (Å²) in [5.74, 6) is -0.369. The Labute approximate surface area is 148 Å². The molecule has 1 amide bonds. The third kappa shape index (κ3) is 4.59. The first-order valence-electron chi connectivity index (χ1n) is 9.01. The molecule has 0 heterocycles. The van der Waals surface area contributed by atoms with E-state index in [9.17, 15) is 9.18 Å². The zero-order chi connectivity index (χ0) is 17.6. The van der Waals surface area contributed by atoms with Crippen LogP contribution in [0.2, 0.25) is 0 Å². The molecular weight excluding hydrogens is 315 g/mol. The van der Waals surface area contributed by atoms with E-state index in [2.05, 4.69) is 10.6 Å². The average molecular weight is 340 g/mol. The maximum Gasteiger partial charge on any atom is 0.247 e. The Hall–Kier alpha value is -2.36. The minimum atomic E-state index is -0.537. The Bertz CT molecular complexity index is 725. The molecule has 0 spiro atoms. The second-order valence-electron chi connectivity index (χ2n) is 6.79. The summed E-state index contributed by atoms with van der Waals surface area (Å²) in [6, 6.07) is 13.8. The Morgan fingerprint density at radius 3 is 2.56 bits per heavy atom. The smallest absolute Gasteiger partial charge is 0.247 e. The lowest BCUT2D eigenvalue weighted by molar-refractivity contribution is -0.122. The van der Waals surface area contributed by atoms with Gasteiger partial charge in [-0.25, -0.2) is 4.39 Å². The lowest BCUT2D eigenvalue weighted by atomic mass is 9.94. The van der Waals surface area contributed by atoms with Gasteiger partial charge in [-0.3, -0.25) is 4.79 Å². The van der Waals surface area contributed by atoms with Gasteiger partial charge in [0, 0.05) is 11.7 Å². The maximum absolute atomic E-state index is 13.5. The Morgan fingerprint density at radius 2 is 1.84 bits per heavy atom. The van der Waals surface area contributed by atoms with Gasteiger partial charge in [-0.15, -0.1) is 0 Å². The van der Waals surface area contributed by atoms with Gasteiger partial charge in [0.05, 0.1) is 0 Å². The van der Waals surface area contributed by atoms with Gasteiger partial charge in [-0.1, -0.05) is 49.6 Å². The number of nitrogens with one attached hydrogen (secondary N) is 2. The minimum absolute atomic E-state index is 0.0505. The summed E-state index contributed by atoms with van der Waals surface area (Å²) < 4.78 is 13.5. The highest BCUT2D eigenvalue weighted by Gasteiger charge is 2.25. The molecule has 1 atom stereocenters. The van der Waals surface area contributed by atoms with Gasteiger partial charge in [-0.05, 0) is 49.1 Å². The topological polar surface area (TPSA) is 41.1 Å². The van der Waals surface area contributed by atoms with Gasteiger partial charge in [0.2, 0.25) is 5.91 Å². The van der Waals surface area contributed by atoms with Crippen molar-refractivity contribution in [3.8, 4) is 0 Å². The van der Waals surface area contributed by atoms with Crippen LogP contribution in [0.1, 0.15) is 49.3 Å². The van der Waals surface area contributed by atoms with E-state index in [1.807, 2.05) is 31.2 Å². The molecule has 0 aromatic heterocycles. The van der Waals surface area contributed by atoms with Crippen LogP contribution >= 0.6 is 0 Å². The van der Waals surface area contributed by atoms with Crippen LogP contribution < -0.4 is 10.6 Å². The van der Waals surface area contributed by atoms with Crippen molar-refractivity contribution in [2.24, 2.45) is 0 Å². The van der Waals surface area contributed by atoms with E-state index in [0.717, 1.165) is 36.8 Å². The van der Waals surface area contributed by atoms with Crippen LogP contribution in [-0.4, -0.2) is 11.9 Å². The van der Waals surface area contributed by atoms with Crippen LogP contribution in [0, 0.1) is 12.7 Å². The van der Waals surface area contributed by atoms with Gasteiger partial charge < -0.3 is 10.6 Å². The molecule has 2 aromatic rings. The molecule has 0 saturated heterocycles. The van der Waals surface area contributed by atoms with E-state index >= 15 is 0 Å². The number of carbonyl (C=O) groups is 1. The second kappa shape index (κ2) is 8.15. The highest BCUT2D eigenvalue weighted by molar-refractivity contribution is 5.86. The van der Waals surface area contributed by atoms with Gasteiger partial charge in [-0.2, -0.15) is 0 Å². The van der Waals surface area contributed by atoms with Gasteiger partial charge in [0.15, 0.2) is 0 Å². The molecule has 1 aliphatic rings. The fourth-order valence-corrected chi connectivity index (χ4v) is 3.47. The van der Waals surface area contributed by atoms with Crippen LogP contribution in [0.15, 0.2) is 48.5 Å². The molecule has 2 N–H and O–H groups in total. The molecule has 25 heavy (non-hydrogen) atoms. The third-order valence-corrected chi connectivity index (χ3v) is 4.85. The van der Waals surface area contributed by atoms with E-state index in [4.69, 9.17) is 0 Å². The van der Waals surface area contributed by atoms with E-state index < -0.39 is 6.04 Å².